The predicted octanol–water partition coefficient (Wildman–Crippen LogP) is 1.15. The van der Waals surface area contributed by atoms with Gasteiger partial charge in [-0.2, -0.15) is 0 Å². The number of nitrogens with zero attached hydrogens (tertiary/aromatic N) is 1. The fourth-order valence-electron chi connectivity index (χ4n) is 2.59. The molecule has 0 aromatic heterocycles. The van der Waals surface area contributed by atoms with Crippen LogP contribution in [-0.4, -0.2) is 48.1 Å². The van der Waals surface area contributed by atoms with Gasteiger partial charge in [0.25, 0.3) is 0 Å². The van der Waals surface area contributed by atoms with Gasteiger partial charge < -0.3 is 11.1 Å². The standard InChI is InChI=1S/C16H23N3O2S/c1-12-4-2-3-5-14(12)22-11-16(21)18-13-6-8-19(9-7-13)10-15(17)20/h2-5,13H,6-11H2,1H3,(H2,17,20)(H,18,21). The molecule has 6 heteroatoms. The summed E-state index contributed by atoms with van der Waals surface area (Å²) in [5.74, 6) is 0.213. The fraction of sp³-hybridized carbons (Fsp3) is 0.500. The quantitative estimate of drug-likeness (QED) is 0.771. The number of benzene rings is 1. The van der Waals surface area contributed by atoms with Crippen molar-refractivity contribution < 1.29 is 9.59 Å². The fourth-order valence-corrected chi connectivity index (χ4v) is 3.43. The Balaban J connectivity index is 1.70. The van der Waals surface area contributed by atoms with E-state index in [1.165, 1.54) is 5.56 Å². The van der Waals surface area contributed by atoms with E-state index in [0.29, 0.717) is 12.3 Å². The second-order valence-electron chi connectivity index (χ2n) is 5.64. The van der Waals surface area contributed by atoms with E-state index in [4.69, 9.17) is 5.73 Å². The molecule has 0 unspecified atom stereocenters. The summed E-state index contributed by atoms with van der Waals surface area (Å²) >= 11 is 1.57. The van der Waals surface area contributed by atoms with Crippen LogP contribution in [0.15, 0.2) is 29.2 Å². The molecule has 0 atom stereocenters. The molecule has 1 aliphatic rings. The van der Waals surface area contributed by atoms with E-state index >= 15 is 0 Å². The predicted molar refractivity (Wildman–Crippen MR) is 88.7 cm³/mol. The van der Waals surface area contributed by atoms with Gasteiger partial charge in [-0.3, -0.25) is 14.5 Å². The average Bonchev–Trinajstić information content (AvgIpc) is 2.48. The molecule has 1 aromatic rings. The highest BCUT2D eigenvalue weighted by Crippen LogP contribution is 2.21. The first kappa shape index (κ1) is 16.8. The van der Waals surface area contributed by atoms with Crippen LogP contribution in [0.3, 0.4) is 0 Å². The van der Waals surface area contributed by atoms with E-state index in [2.05, 4.69) is 18.3 Å². The molecule has 0 spiro atoms. The monoisotopic (exact) mass is 321 g/mol. The summed E-state index contributed by atoms with van der Waals surface area (Å²) in [6.07, 6.45) is 1.74. The van der Waals surface area contributed by atoms with E-state index in [-0.39, 0.29) is 17.9 Å². The third-order valence-corrected chi connectivity index (χ3v) is 4.96. The number of primary amides is 1. The maximum atomic E-state index is 12.0. The number of carbonyl (C=O) groups is 2. The van der Waals surface area contributed by atoms with Crippen molar-refractivity contribution >= 4 is 23.6 Å². The Labute approximate surface area is 135 Å². The Kier molecular flexibility index (Phi) is 6.27. The van der Waals surface area contributed by atoms with Crippen molar-refractivity contribution in [1.29, 1.82) is 0 Å². The zero-order chi connectivity index (χ0) is 15.9. The van der Waals surface area contributed by atoms with Crippen LogP contribution < -0.4 is 11.1 Å². The molecular formula is C16H23N3O2S. The van der Waals surface area contributed by atoms with E-state index in [1.54, 1.807) is 11.8 Å². The van der Waals surface area contributed by atoms with Crippen molar-refractivity contribution in [1.82, 2.24) is 10.2 Å². The van der Waals surface area contributed by atoms with Crippen LogP contribution in [0.1, 0.15) is 18.4 Å². The summed E-state index contributed by atoms with van der Waals surface area (Å²) in [6, 6.07) is 8.28. The summed E-state index contributed by atoms with van der Waals surface area (Å²) in [4.78, 5) is 26.1. The van der Waals surface area contributed by atoms with E-state index in [9.17, 15) is 9.59 Å². The topological polar surface area (TPSA) is 75.4 Å². The molecule has 1 saturated heterocycles. The highest BCUT2D eigenvalue weighted by molar-refractivity contribution is 8.00. The Morgan fingerprint density at radius 1 is 1.32 bits per heavy atom. The zero-order valence-corrected chi connectivity index (χ0v) is 13.7. The lowest BCUT2D eigenvalue weighted by Crippen LogP contribution is -2.47. The molecule has 1 aromatic carbocycles. The number of hydrogen-bond donors (Lipinski definition) is 2. The Bertz CT molecular complexity index is 528. The first-order valence-electron chi connectivity index (χ1n) is 7.53. The molecule has 2 amide bonds. The summed E-state index contributed by atoms with van der Waals surface area (Å²) in [7, 11) is 0. The molecule has 120 valence electrons. The zero-order valence-electron chi connectivity index (χ0n) is 12.9. The van der Waals surface area contributed by atoms with Gasteiger partial charge in [-0.25, -0.2) is 0 Å². The number of aryl methyl sites for hydroxylation is 1. The van der Waals surface area contributed by atoms with Gasteiger partial charge in [-0.15, -0.1) is 11.8 Å². The van der Waals surface area contributed by atoms with Crippen molar-refractivity contribution in [2.24, 2.45) is 5.73 Å². The minimum absolute atomic E-state index is 0.0709. The smallest absolute Gasteiger partial charge is 0.231 e. The molecule has 0 bridgehead atoms. The van der Waals surface area contributed by atoms with Crippen LogP contribution in [0.2, 0.25) is 0 Å². The summed E-state index contributed by atoms with van der Waals surface area (Å²) in [5, 5.41) is 3.08. The molecule has 1 aliphatic heterocycles. The lowest BCUT2D eigenvalue weighted by molar-refractivity contribution is -0.121. The van der Waals surface area contributed by atoms with E-state index < -0.39 is 0 Å². The van der Waals surface area contributed by atoms with Crippen molar-refractivity contribution in [3.05, 3.63) is 29.8 Å². The number of hydrogen-bond acceptors (Lipinski definition) is 4. The first-order valence-corrected chi connectivity index (χ1v) is 8.51. The number of likely N-dealkylation sites (tertiary alicyclic amines) is 1. The van der Waals surface area contributed by atoms with Gasteiger partial charge in [0.15, 0.2) is 0 Å². The number of nitrogens with one attached hydrogen (secondary N) is 1. The van der Waals surface area contributed by atoms with Crippen LogP contribution in [0, 0.1) is 6.92 Å². The summed E-state index contributed by atoms with van der Waals surface area (Å²) in [5.41, 5.74) is 6.39. The molecular weight excluding hydrogens is 298 g/mol. The molecule has 1 fully saturated rings. The summed E-state index contributed by atoms with van der Waals surface area (Å²) < 4.78 is 0. The third kappa shape index (κ3) is 5.35. The normalized spacial score (nSPS) is 16.4. The lowest BCUT2D eigenvalue weighted by atomic mass is 10.1. The Morgan fingerprint density at radius 2 is 2.00 bits per heavy atom. The first-order chi connectivity index (χ1) is 10.5. The van der Waals surface area contributed by atoms with Crippen LogP contribution in [0.4, 0.5) is 0 Å². The van der Waals surface area contributed by atoms with Crippen LogP contribution in [0.5, 0.6) is 0 Å². The average molecular weight is 321 g/mol. The molecule has 0 aliphatic carbocycles. The lowest BCUT2D eigenvalue weighted by Gasteiger charge is -2.31. The van der Waals surface area contributed by atoms with Gasteiger partial charge in [-0.05, 0) is 31.4 Å². The number of thioether (sulfide) groups is 1. The third-order valence-electron chi connectivity index (χ3n) is 3.78. The minimum Gasteiger partial charge on any atom is -0.369 e. The van der Waals surface area contributed by atoms with Crippen LogP contribution in [0.25, 0.3) is 0 Å². The van der Waals surface area contributed by atoms with Crippen molar-refractivity contribution in [2.75, 3.05) is 25.4 Å². The number of amides is 2. The Morgan fingerprint density at radius 3 is 2.64 bits per heavy atom. The molecule has 2 rings (SSSR count). The highest BCUT2D eigenvalue weighted by atomic mass is 32.2. The van der Waals surface area contributed by atoms with E-state index in [0.717, 1.165) is 30.8 Å². The highest BCUT2D eigenvalue weighted by Gasteiger charge is 2.21. The minimum atomic E-state index is -0.294. The maximum Gasteiger partial charge on any atom is 0.231 e. The van der Waals surface area contributed by atoms with Crippen LogP contribution in [-0.2, 0) is 9.59 Å². The Hall–Kier alpha value is -1.53. The number of nitrogens with two attached hydrogens (primary N) is 1. The second kappa shape index (κ2) is 8.19. The van der Waals surface area contributed by atoms with E-state index in [1.807, 2.05) is 23.1 Å². The van der Waals surface area contributed by atoms with Crippen LogP contribution >= 0.6 is 11.8 Å². The maximum absolute atomic E-state index is 12.0. The number of piperidine rings is 1. The number of rotatable bonds is 6. The van der Waals surface area contributed by atoms with Gasteiger partial charge in [-0.1, -0.05) is 18.2 Å². The molecule has 0 saturated carbocycles. The second-order valence-corrected chi connectivity index (χ2v) is 6.66. The van der Waals surface area contributed by atoms with Gasteiger partial charge in [0.05, 0.1) is 12.3 Å². The molecule has 5 nitrogen and oxygen atoms in total. The summed E-state index contributed by atoms with van der Waals surface area (Å²) in [6.45, 7) is 3.97. The van der Waals surface area contributed by atoms with Crippen molar-refractivity contribution in [3.63, 3.8) is 0 Å². The van der Waals surface area contributed by atoms with Gasteiger partial charge >= 0.3 is 0 Å². The molecule has 3 N–H and O–H groups in total. The number of carbonyl (C=O) groups excluding carboxylic acids is 2. The molecule has 22 heavy (non-hydrogen) atoms. The van der Waals surface area contributed by atoms with Crippen molar-refractivity contribution in [2.45, 2.75) is 30.7 Å². The molecule has 0 radical (unpaired) electrons. The SMILES string of the molecule is Cc1ccccc1SCC(=O)NC1CCN(CC(N)=O)CC1. The van der Waals surface area contributed by atoms with Gasteiger partial charge in [0.1, 0.15) is 0 Å². The van der Waals surface area contributed by atoms with Crippen molar-refractivity contribution in [3.8, 4) is 0 Å². The largest absolute Gasteiger partial charge is 0.369 e. The van der Waals surface area contributed by atoms with Gasteiger partial charge in [0, 0.05) is 24.0 Å². The molecule has 1 heterocycles. The van der Waals surface area contributed by atoms with Gasteiger partial charge in [0.2, 0.25) is 11.8 Å².